The number of hydrogen-bond donors (Lipinski definition) is 1. The minimum Gasteiger partial charge on any atom is -0.481 e. The molecule has 0 aromatic heterocycles. The molecule has 0 heterocycles. The van der Waals surface area contributed by atoms with Gasteiger partial charge in [-0.3, -0.25) is 9.69 Å². The van der Waals surface area contributed by atoms with Crippen LogP contribution >= 0.6 is 0 Å². The van der Waals surface area contributed by atoms with E-state index in [2.05, 4.69) is 6.92 Å². The van der Waals surface area contributed by atoms with Crippen LogP contribution in [0.25, 0.3) is 0 Å². The fourth-order valence-corrected chi connectivity index (χ4v) is 2.44. The van der Waals surface area contributed by atoms with Crippen LogP contribution in [0.15, 0.2) is 30.3 Å². The lowest BCUT2D eigenvalue weighted by molar-refractivity contribution is -0.136. The Morgan fingerprint density at radius 3 is 2.43 bits per heavy atom. The van der Waals surface area contributed by atoms with Crippen molar-refractivity contribution in [3.05, 3.63) is 30.3 Å². The van der Waals surface area contributed by atoms with Crippen molar-refractivity contribution in [3.63, 3.8) is 0 Å². The number of anilines is 1. The van der Waals surface area contributed by atoms with E-state index in [1.165, 1.54) is 0 Å². The van der Waals surface area contributed by atoms with Gasteiger partial charge >= 0.3 is 12.0 Å². The van der Waals surface area contributed by atoms with Crippen LogP contribution in [0.4, 0.5) is 10.5 Å². The average molecular weight is 290 g/mol. The van der Waals surface area contributed by atoms with E-state index in [-0.39, 0.29) is 19.0 Å². The quantitative estimate of drug-likeness (QED) is 0.876. The summed E-state index contributed by atoms with van der Waals surface area (Å²) in [6.07, 6.45) is 1.10. The number of carbonyl (C=O) groups excluding carboxylic acids is 1. The average Bonchev–Trinajstić information content (AvgIpc) is 3.14. The SMILES string of the molecule is CC1CC1CN(C)C(=O)N(CCC(=O)O)c1ccccc1. The summed E-state index contributed by atoms with van der Waals surface area (Å²) in [5, 5.41) is 8.87. The molecular formula is C16H22N2O3. The van der Waals surface area contributed by atoms with Gasteiger partial charge in [0.1, 0.15) is 0 Å². The standard InChI is InChI=1S/C16H22N2O3/c1-12-10-13(12)11-17(2)16(21)18(9-8-15(19)20)14-6-4-3-5-7-14/h3-7,12-13H,8-11H2,1-2H3,(H,19,20). The monoisotopic (exact) mass is 290 g/mol. The minimum absolute atomic E-state index is 0.0612. The number of nitrogens with zero attached hydrogens (tertiary/aromatic N) is 2. The van der Waals surface area contributed by atoms with E-state index < -0.39 is 5.97 Å². The third kappa shape index (κ3) is 4.21. The molecule has 1 aromatic carbocycles. The Morgan fingerprint density at radius 1 is 1.29 bits per heavy atom. The number of carboxylic acids is 1. The predicted octanol–water partition coefficient (Wildman–Crippen LogP) is 2.68. The third-order valence-corrected chi connectivity index (χ3v) is 3.96. The molecule has 1 fully saturated rings. The molecule has 5 nitrogen and oxygen atoms in total. The zero-order chi connectivity index (χ0) is 15.4. The van der Waals surface area contributed by atoms with Crippen LogP contribution in [0, 0.1) is 11.8 Å². The zero-order valence-electron chi connectivity index (χ0n) is 12.5. The van der Waals surface area contributed by atoms with Gasteiger partial charge in [-0.05, 0) is 30.4 Å². The van der Waals surface area contributed by atoms with Crippen molar-refractivity contribution in [3.8, 4) is 0 Å². The molecule has 0 spiro atoms. The van der Waals surface area contributed by atoms with Crippen LogP contribution in [0.3, 0.4) is 0 Å². The second-order valence-corrected chi connectivity index (χ2v) is 5.77. The van der Waals surface area contributed by atoms with Crippen molar-refractivity contribution >= 4 is 17.7 Å². The van der Waals surface area contributed by atoms with E-state index >= 15 is 0 Å². The molecule has 2 rings (SSSR count). The Bertz CT molecular complexity index is 504. The Morgan fingerprint density at radius 2 is 1.90 bits per heavy atom. The number of benzene rings is 1. The topological polar surface area (TPSA) is 60.9 Å². The maximum atomic E-state index is 12.6. The van der Waals surface area contributed by atoms with Crippen LogP contribution in [0.5, 0.6) is 0 Å². The number of para-hydroxylation sites is 1. The van der Waals surface area contributed by atoms with E-state index in [0.29, 0.717) is 11.8 Å². The van der Waals surface area contributed by atoms with Gasteiger partial charge in [0.2, 0.25) is 0 Å². The molecule has 0 aliphatic heterocycles. The summed E-state index contributed by atoms with van der Waals surface area (Å²) in [5.74, 6) is 0.364. The van der Waals surface area contributed by atoms with Gasteiger partial charge in [0.25, 0.3) is 0 Å². The van der Waals surface area contributed by atoms with E-state index in [9.17, 15) is 9.59 Å². The molecule has 2 unspecified atom stereocenters. The van der Waals surface area contributed by atoms with Crippen LogP contribution in [-0.4, -0.2) is 42.1 Å². The first kappa shape index (κ1) is 15.4. The highest BCUT2D eigenvalue weighted by Gasteiger charge is 2.35. The summed E-state index contributed by atoms with van der Waals surface area (Å²) >= 11 is 0. The van der Waals surface area contributed by atoms with Crippen LogP contribution in [0.2, 0.25) is 0 Å². The Labute approximate surface area is 125 Å². The number of urea groups is 1. The highest BCUT2D eigenvalue weighted by molar-refractivity contribution is 5.92. The van der Waals surface area contributed by atoms with Crippen LogP contribution in [0.1, 0.15) is 19.8 Å². The van der Waals surface area contributed by atoms with Crippen molar-refractivity contribution in [2.24, 2.45) is 11.8 Å². The second-order valence-electron chi connectivity index (χ2n) is 5.77. The van der Waals surface area contributed by atoms with Gasteiger partial charge in [0.15, 0.2) is 0 Å². The maximum Gasteiger partial charge on any atom is 0.324 e. The Hall–Kier alpha value is -2.04. The molecule has 1 N–H and O–H groups in total. The first-order valence-corrected chi connectivity index (χ1v) is 7.28. The lowest BCUT2D eigenvalue weighted by Crippen LogP contribution is -2.43. The maximum absolute atomic E-state index is 12.6. The number of amides is 2. The van der Waals surface area contributed by atoms with Crippen molar-refractivity contribution < 1.29 is 14.7 Å². The minimum atomic E-state index is -0.901. The summed E-state index contributed by atoms with van der Waals surface area (Å²) in [7, 11) is 1.78. The van der Waals surface area contributed by atoms with E-state index in [1.54, 1.807) is 16.8 Å². The summed E-state index contributed by atoms with van der Waals surface area (Å²) in [6, 6.07) is 9.08. The van der Waals surface area contributed by atoms with E-state index in [0.717, 1.165) is 18.7 Å². The molecule has 0 radical (unpaired) electrons. The highest BCUT2D eigenvalue weighted by atomic mass is 16.4. The normalized spacial score (nSPS) is 19.9. The molecule has 2 amide bonds. The lowest BCUT2D eigenvalue weighted by Gasteiger charge is -2.28. The fraction of sp³-hybridized carbons (Fsp3) is 0.500. The number of rotatable bonds is 6. The molecule has 21 heavy (non-hydrogen) atoms. The summed E-state index contributed by atoms with van der Waals surface area (Å²) in [6.45, 7) is 3.10. The first-order valence-electron chi connectivity index (χ1n) is 7.28. The van der Waals surface area contributed by atoms with Crippen LogP contribution < -0.4 is 4.90 Å². The second kappa shape index (κ2) is 6.61. The molecule has 5 heteroatoms. The van der Waals surface area contributed by atoms with Gasteiger partial charge in [-0.2, -0.15) is 0 Å². The van der Waals surface area contributed by atoms with Gasteiger partial charge < -0.3 is 10.0 Å². The van der Waals surface area contributed by atoms with Gasteiger partial charge in [-0.25, -0.2) is 4.79 Å². The molecular weight excluding hydrogens is 268 g/mol. The number of hydrogen-bond acceptors (Lipinski definition) is 2. The van der Waals surface area contributed by atoms with Crippen molar-refractivity contribution in [2.45, 2.75) is 19.8 Å². The van der Waals surface area contributed by atoms with Gasteiger partial charge in [-0.15, -0.1) is 0 Å². The van der Waals surface area contributed by atoms with E-state index in [1.807, 2.05) is 30.3 Å². The fourth-order valence-electron chi connectivity index (χ4n) is 2.44. The predicted molar refractivity (Wildman–Crippen MR) is 81.3 cm³/mol. The lowest BCUT2D eigenvalue weighted by atomic mass is 10.2. The summed E-state index contributed by atoms with van der Waals surface area (Å²) < 4.78 is 0. The van der Waals surface area contributed by atoms with Crippen LogP contribution in [-0.2, 0) is 4.79 Å². The Balaban J connectivity index is 2.06. The molecule has 0 bridgehead atoms. The van der Waals surface area contributed by atoms with Gasteiger partial charge in [-0.1, -0.05) is 25.1 Å². The molecule has 1 aliphatic carbocycles. The van der Waals surface area contributed by atoms with Crippen molar-refractivity contribution in [1.29, 1.82) is 0 Å². The number of aliphatic carboxylic acids is 1. The van der Waals surface area contributed by atoms with Crippen molar-refractivity contribution in [2.75, 3.05) is 25.0 Å². The highest BCUT2D eigenvalue weighted by Crippen LogP contribution is 2.38. The van der Waals surface area contributed by atoms with Gasteiger partial charge in [0.05, 0.1) is 6.42 Å². The van der Waals surface area contributed by atoms with Gasteiger partial charge in [0, 0.05) is 25.8 Å². The Kier molecular flexibility index (Phi) is 4.83. The summed E-state index contributed by atoms with van der Waals surface area (Å²) in [5.41, 5.74) is 0.736. The van der Waals surface area contributed by atoms with E-state index in [4.69, 9.17) is 5.11 Å². The molecule has 1 aromatic rings. The molecule has 1 aliphatic rings. The molecule has 0 saturated heterocycles. The zero-order valence-corrected chi connectivity index (χ0v) is 12.5. The van der Waals surface area contributed by atoms with Crippen molar-refractivity contribution in [1.82, 2.24) is 4.90 Å². The third-order valence-electron chi connectivity index (χ3n) is 3.96. The molecule has 1 saturated carbocycles. The largest absolute Gasteiger partial charge is 0.481 e. The molecule has 114 valence electrons. The number of carboxylic acid groups (broad SMARTS) is 1. The molecule has 2 atom stereocenters. The smallest absolute Gasteiger partial charge is 0.324 e. The first-order chi connectivity index (χ1) is 9.99. The summed E-state index contributed by atoms with van der Waals surface area (Å²) in [4.78, 5) is 26.6. The number of carbonyl (C=O) groups is 2.